The topological polar surface area (TPSA) is 67.6 Å². The standard InChI is InChI=1S/C14H20F3N3O3/c1-9-10(11(23-19-9)14(15,16)17)12(21)18-8-13(20(2)3)4-6-22-7-5-13/h4-8H2,1-3H3,(H,18,21). The molecule has 130 valence electrons. The molecule has 1 amide bonds. The van der Waals surface area contributed by atoms with Crippen molar-refractivity contribution in [2.75, 3.05) is 33.9 Å². The highest BCUT2D eigenvalue weighted by atomic mass is 19.4. The van der Waals surface area contributed by atoms with E-state index in [0.717, 1.165) is 0 Å². The zero-order chi connectivity index (χ0) is 17.3. The summed E-state index contributed by atoms with van der Waals surface area (Å²) >= 11 is 0. The molecule has 0 spiro atoms. The third kappa shape index (κ3) is 3.66. The molecule has 1 aromatic heterocycles. The van der Waals surface area contributed by atoms with Crippen molar-refractivity contribution in [1.82, 2.24) is 15.4 Å². The van der Waals surface area contributed by atoms with Crippen LogP contribution in [0.25, 0.3) is 0 Å². The summed E-state index contributed by atoms with van der Waals surface area (Å²) in [6.07, 6.45) is -3.38. The number of nitrogens with one attached hydrogen (secondary N) is 1. The number of ether oxygens (including phenoxy) is 1. The van der Waals surface area contributed by atoms with Crippen molar-refractivity contribution in [3.63, 3.8) is 0 Å². The van der Waals surface area contributed by atoms with Gasteiger partial charge in [-0.2, -0.15) is 13.2 Å². The Morgan fingerprint density at radius 2 is 1.96 bits per heavy atom. The number of likely N-dealkylation sites (N-methyl/N-ethyl adjacent to an activating group) is 1. The highest BCUT2D eigenvalue weighted by Crippen LogP contribution is 2.33. The summed E-state index contributed by atoms with van der Waals surface area (Å²) in [6.45, 7) is 2.64. The second kappa shape index (κ2) is 6.48. The molecule has 0 aromatic carbocycles. The average molecular weight is 335 g/mol. The lowest BCUT2D eigenvalue weighted by Crippen LogP contribution is -2.55. The molecule has 0 unspecified atom stereocenters. The zero-order valence-electron chi connectivity index (χ0n) is 13.3. The van der Waals surface area contributed by atoms with Crippen molar-refractivity contribution in [2.24, 2.45) is 0 Å². The number of hydrogen-bond donors (Lipinski definition) is 1. The first-order valence-electron chi connectivity index (χ1n) is 7.24. The molecule has 2 rings (SSSR count). The van der Waals surface area contributed by atoms with Crippen LogP contribution in [0.3, 0.4) is 0 Å². The molecular formula is C14H20F3N3O3. The maximum absolute atomic E-state index is 12.9. The molecule has 23 heavy (non-hydrogen) atoms. The minimum Gasteiger partial charge on any atom is -0.381 e. The number of amides is 1. The second-order valence-electron chi connectivity index (χ2n) is 5.88. The summed E-state index contributed by atoms with van der Waals surface area (Å²) < 4.78 is 48.2. The number of carbonyl (C=O) groups is 1. The number of rotatable bonds is 4. The first-order chi connectivity index (χ1) is 10.7. The van der Waals surface area contributed by atoms with Gasteiger partial charge in [0.15, 0.2) is 0 Å². The molecule has 0 atom stereocenters. The lowest BCUT2D eigenvalue weighted by atomic mass is 9.88. The van der Waals surface area contributed by atoms with Gasteiger partial charge in [-0.05, 0) is 33.9 Å². The largest absolute Gasteiger partial charge is 0.453 e. The van der Waals surface area contributed by atoms with Gasteiger partial charge in [-0.1, -0.05) is 5.16 Å². The molecule has 9 heteroatoms. The zero-order valence-corrected chi connectivity index (χ0v) is 13.3. The summed E-state index contributed by atoms with van der Waals surface area (Å²) in [5, 5.41) is 5.86. The average Bonchev–Trinajstić information content (AvgIpc) is 2.87. The third-order valence-electron chi connectivity index (χ3n) is 4.30. The van der Waals surface area contributed by atoms with Crippen LogP contribution in [-0.2, 0) is 10.9 Å². The van der Waals surface area contributed by atoms with E-state index in [1.165, 1.54) is 6.92 Å². The van der Waals surface area contributed by atoms with Crippen LogP contribution in [-0.4, -0.2) is 55.4 Å². The fourth-order valence-electron chi connectivity index (χ4n) is 2.70. The van der Waals surface area contributed by atoms with Crippen LogP contribution in [0, 0.1) is 6.92 Å². The van der Waals surface area contributed by atoms with Crippen LogP contribution in [0.4, 0.5) is 13.2 Å². The van der Waals surface area contributed by atoms with E-state index in [2.05, 4.69) is 15.0 Å². The summed E-state index contributed by atoms with van der Waals surface area (Å²) in [5.41, 5.74) is -0.976. The first-order valence-corrected chi connectivity index (χ1v) is 7.24. The summed E-state index contributed by atoms with van der Waals surface area (Å²) in [4.78, 5) is 14.2. The van der Waals surface area contributed by atoms with Gasteiger partial charge >= 0.3 is 6.18 Å². The SMILES string of the molecule is Cc1noc(C(F)(F)F)c1C(=O)NCC1(N(C)C)CCOCC1. The summed E-state index contributed by atoms with van der Waals surface area (Å²) in [7, 11) is 3.76. The van der Waals surface area contributed by atoms with E-state index in [9.17, 15) is 18.0 Å². The molecule has 1 aliphatic rings. The van der Waals surface area contributed by atoms with Gasteiger partial charge < -0.3 is 19.5 Å². The van der Waals surface area contributed by atoms with Gasteiger partial charge in [0.2, 0.25) is 0 Å². The maximum Gasteiger partial charge on any atom is 0.453 e. The van der Waals surface area contributed by atoms with Crippen LogP contribution >= 0.6 is 0 Å². The van der Waals surface area contributed by atoms with E-state index in [4.69, 9.17) is 4.74 Å². The Labute approximate surface area is 131 Å². The van der Waals surface area contributed by atoms with Crippen LogP contribution < -0.4 is 5.32 Å². The highest BCUT2D eigenvalue weighted by molar-refractivity contribution is 5.96. The Kier molecular flexibility index (Phi) is 5.00. The molecule has 0 bridgehead atoms. The Bertz CT molecular complexity index is 563. The molecule has 0 aliphatic carbocycles. The maximum atomic E-state index is 12.9. The van der Waals surface area contributed by atoms with E-state index in [1.807, 2.05) is 19.0 Å². The summed E-state index contributed by atoms with van der Waals surface area (Å²) in [5.74, 6) is -2.19. The Balaban J connectivity index is 2.15. The molecule has 1 saturated heterocycles. The number of aryl methyl sites for hydroxylation is 1. The van der Waals surface area contributed by atoms with Crippen molar-refractivity contribution in [3.05, 3.63) is 17.0 Å². The Morgan fingerprint density at radius 1 is 1.35 bits per heavy atom. The van der Waals surface area contributed by atoms with Crippen molar-refractivity contribution in [3.8, 4) is 0 Å². The monoisotopic (exact) mass is 335 g/mol. The molecule has 0 saturated carbocycles. The number of aromatic nitrogens is 1. The Hall–Kier alpha value is -1.61. The van der Waals surface area contributed by atoms with Crippen molar-refractivity contribution in [2.45, 2.75) is 31.5 Å². The lowest BCUT2D eigenvalue weighted by molar-refractivity contribution is -0.155. The van der Waals surface area contributed by atoms with E-state index >= 15 is 0 Å². The fourth-order valence-corrected chi connectivity index (χ4v) is 2.70. The number of hydrogen-bond acceptors (Lipinski definition) is 5. The molecule has 1 aromatic rings. The number of halogens is 3. The van der Waals surface area contributed by atoms with Gasteiger partial charge in [0, 0.05) is 25.3 Å². The second-order valence-corrected chi connectivity index (χ2v) is 5.88. The molecule has 1 aliphatic heterocycles. The molecule has 2 heterocycles. The third-order valence-corrected chi connectivity index (χ3v) is 4.30. The van der Waals surface area contributed by atoms with Gasteiger partial charge in [-0.3, -0.25) is 4.79 Å². The van der Waals surface area contributed by atoms with E-state index < -0.39 is 23.4 Å². The predicted octanol–water partition coefficient (Wildman–Crippen LogP) is 1.84. The van der Waals surface area contributed by atoms with Crippen LogP contribution in [0.5, 0.6) is 0 Å². The first kappa shape index (κ1) is 17.7. The highest BCUT2D eigenvalue weighted by Gasteiger charge is 2.42. The van der Waals surface area contributed by atoms with Gasteiger partial charge in [0.1, 0.15) is 5.56 Å². The number of alkyl halides is 3. The van der Waals surface area contributed by atoms with Crippen molar-refractivity contribution >= 4 is 5.91 Å². The van der Waals surface area contributed by atoms with Crippen LogP contribution in [0.15, 0.2) is 4.52 Å². The lowest BCUT2D eigenvalue weighted by Gasteiger charge is -2.42. The van der Waals surface area contributed by atoms with Gasteiger partial charge in [-0.15, -0.1) is 0 Å². The molecule has 6 nitrogen and oxygen atoms in total. The minimum absolute atomic E-state index is 0.0827. The molecule has 1 N–H and O–H groups in total. The van der Waals surface area contributed by atoms with Crippen molar-refractivity contribution in [1.29, 1.82) is 0 Å². The van der Waals surface area contributed by atoms with Gasteiger partial charge in [0.05, 0.1) is 5.69 Å². The molecule has 1 fully saturated rings. The predicted molar refractivity (Wildman–Crippen MR) is 75.0 cm³/mol. The van der Waals surface area contributed by atoms with Crippen molar-refractivity contribution < 1.29 is 27.2 Å². The molecular weight excluding hydrogens is 315 g/mol. The van der Waals surface area contributed by atoms with Gasteiger partial charge in [0.25, 0.3) is 11.7 Å². The molecule has 0 radical (unpaired) electrons. The van der Waals surface area contributed by atoms with E-state index in [1.54, 1.807) is 0 Å². The Morgan fingerprint density at radius 3 is 2.48 bits per heavy atom. The van der Waals surface area contributed by atoms with E-state index in [-0.39, 0.29) is 17.8 Å². The normalized spacial score (nSPS) is 18.2. The van der Waals surface area contributed by atoms with Crippen LogP contribution in [0.2, 0.25) is 0 Å². The van der Waals surface area contributed by atoms with E-state index in [0.29, 0.717) is 26.1 Å². The smallest absolute Gasteiger partial charge is 0.381 e. The number of carbonyl (C=O) groups excluding carboxylic acids is 1. The minimum atomic E-state index is -4.76. The fraction of sp³-hybridized carbons (Fsp3) is 0.714. The van der Waals surface area contributed by atoms with Crippen LogP contribution in [0.1, 0.15) is 34.7 Å². The number of nitrogens with zero attached hydrogens (tertiary/aromatic N) is 2. The van der Waals surface area contributed by atoms with Gasteiger partial charge in [-0.25, -0.2) is 0 Å². The summed E-state index contributed by atoms with van der Waals surface area (Å²) in [6, 6.07) is 0. The quantitative estimate of drug-likeness (QED) is 0.909.